The fourth-order valence-corrected chi connectivity index (χ4v) is 6.35. The predicted molar refractivity (Wildman–Crippen MR) is 106 cm³/mol. The summed E-state index contributed by atoms with van der Waals surface area (Å²) < 4.78 is 0. The molecular weight excluding hydrogens is 304 g/mol. The maximum Gasteiger partial charge on any atom is 0.153 e. The first kappa shape index (κ1) is 20.6. The Morgan fingerprint density at radius 3 is 0.955 bits per heavy atom. The van der Waals surface area contributed by atoms with Gasteiger partial charge in [0.1, 0.15) is 0 Å². The molecule has 0 amide bonds. The van der Waals surface area contributed by atoms with Gasteiger partial charge in [-0.15, -0.1) is 0 Å². The molecule has 1 rings (SSSR count). The summed E-state index contributed by atoms with van der Waals surface area (Å²) in [7, 11) is -1.46. The lowest BCUT2D eigenvalue weighted by molar-refractivity contribution is 0.501. The molecule has 0 nitrogen and oxygen atoms in total. The van der Waals surface area contributed by atoms with Crippen LogP contribution in [0.15, 0.2) is 0 Å². The zero-order valence-corrected chi connectivity index (χ0v) is 17.2. The van der Waals surface area contributed by atoms with Gasteiger partial charge in [0.15, 0.2) is 7.38 Å². The first-order valence-corrected chi connectivity index (χ1v) is 14.4. The van der Waals surface area contributed by atoms with E-state index in [1.807, 2.05) is 0 Å². The van der Waals surface area contributed by atoms with Gasteiger partial charge in [-0.25, -0.2) is 0 Å². The Morgan fingerprint density at radius 2 is 0.727 bits per heavy atom. The van der Waals surface area contributed by atoms with E-state index in [1.54, 1.807) is 0 Å². The lowest BCUT2D eigenvalue weighted by Gasteiger charge is -2.26. The Morgan fingerprint density at radius 1 is 0.500 bits per heavy atom. The summed E-state index contributed by atoms with van der Waals surface area (Å²) in [6, 6.07) is 0. The Balaban J connectivity index is 2.30. The molecule has 0 aromatic carbocycles. The van der Waals surface area contributed by atoms with E-state index in [0.717, 1.165) is 5.54 Å². The largest absolute Gasteiger partial charge is 0.167 e. The van der Waals surface area contributed by atoms with Crippen LogP contribution in [0.4, 0.5) is 0 Å². The Hall–Kier alpha value is 0.507. The topological polar surface area (TPSA) is 0 Å². The van der Waals surface area contributed by atoms with Crippen molar-refractivity contribution >= 4 is 18.5 Å². The molecule has 0 aliphatic heterocycles. The summed E-state index contributed by atoms with van der Waals surface area (Å²) in [6.45, 7) is 4.73. The van der Waals surface area contributed by atoms with Crippen molar-refractivity contribution in [3.05, 3.63) is 0 Å². The van der Waals surface area contributed by atoms with Gasteiger partial charge in [0, 0.05) is 0 Å². The van der Waals surface area contributed by atoms with Crippen molar-refractivity contribution in [1.29, 1.82) is 0 Å². The lowest BCUT2D eigenvalue weighted by atomic mass is 10.0. The normalized spacial score (nSPS) is 23.6. The molecule has 132 valence electrons. The van der Waals surface area contributed by atoms with Crippen molar-refractivity contribution < 1.29 is 0 Å². The van der Waals surface area contributed by atoms with Gasteiger partial charge in [-0.1, -0.05) is 122 Å². The van der Waals surface area contributed by atoms with Crippen LogP contribution in [0.3, 0.4) is 0 Å². The second-order valence-electron chi connectivity index (χ2n) is 8.14. The van der Waals surface area contributed by atoms with Gasteiger partial charge in [0.25, 0.3) is 0 Å². The fourth-order valence-electron chi connectivity index (χ4n) is 3.91. The van der Waals surface area contributed by atoms with Crippen LogP contribution in [-0.4, -0.2) is 7.38 Å². The monoisotopic (exact) mass is 344 g/mol. The van der Waals surface area contributed by atoms with E-state index >= 15 is 0 Å². The van der Waals surface area contributed by atoms with Crippen molar-refractivity contribution in [2.75, 3.05) is 0 Å². The third-order valence-corrected chi connectivity index (χ3v) is 9.02. The van der Waals surface area contributed by atoms with E-state index in [4.69, 9.17) is 11.1 Å². The van der Waals surface area contributed by atoms with Gasteiger partial charge in [0.05, 0.1) is 0 Å². The molecule has 22 heavy (non-hydrogen) atoms. The SMILES string of the molecule is C[Si](C)(Cl)C1CCCCCCCCCCCCCCCCC1. The first-order valence-electron chi connectivity index (χ1n) is 10.3. The number of rotatable bonds is 1. The summed E-state index contributed by atoms with van der Waals surface area (Å²) >= 11 is 6.79. The third kappa shape index (κ3) is 11.1. The molecule has 0 unspecified atom stereocenters. The van der Waals surface area contributed by atoms with E-state index in [0.29, 0.717) is 0 Å². The molecule has 0 atom stereocenters. The van der Waals surface area contributed by atoms with Gasteiger partial charge >= 0.3 is 0 Å². The summed E-state index contributed by atoms with van der Waals surface area (Å²) in [4.78, 5) is 0. The molecule has 2 heteroatoms. The molecule has 0 bridgehead atoms. The van der Waals surface area contributed by atoms with E-state index in [-0.39, 0.29) is 0 Å². The van der Waals surface area contributed by atoms with Crippen LogP contribution in [0.2, 0.25) is 18.6 Å². The van der Waals surface area contributed by atoms with Crippen LogP contribution in [-0.2, 0) is 0 Å². The number of halogens is 1. The van der Waals surface area contributed by atoms with Crippen LogP contribution in [0, 0.1) is 0 Å². The molecular formula is C20H41ClSi. The van der Waals surface area contributed by atoms with Crippen molar-refractivity contribution in [2.24, 2.45) is 0 Å². The fraction of sp³-hybridized carbons (Fsp3) is 1.00. The van der Waals surface area contributed by atoms with Crippen molar-refractivity contribution in [1.82, 2.24) is 0 Å². The lowest BCUT2D eigenvalue weighted by Crippen LogP contribution is -2.25. The second-order valence-corrected chi connectivity index (χ2v) is 15.0. The van der Waals surface area contributed by atoms with Crippen LogP contribution in [0.5, 0.6) is 0 Å². The standard InChI is InChI=1S/C20H41ClSi/c1-22(2,21)20-18-16-14-12-10-8-6-4-3-5-7-9-11-13-15-17-19-20/h20H,3-19H2,1-2H3. The Kier molecular flexibility index (Phi) is 12.0. The van der Waals surface area contributed by atoms with E-state index in [1.165, 1.54) is 109 Å². The maximum atomic E-state index is 6.79. The molecule has 0 heterocycles. The van der Waals surface area contributed by atoms with Crippen molar-refractivity contribution in [2.45, 2.75) is 128 Å². The average molecular weight is 345 g/mol. The maximum absolute atomic E-state index is 6.79. The third-order valence-electron chi connectivity index (χ3n) is 5.58. The molecule has 1 fully saturated rings. The zero-order valence-electron chi connectivity index (χ0n) is 15.5. The second kappa shape index (κ2) is 12.9. The minimum atomic E-state index is -1.46. The van der Waals surface area contributed by atoms with E-state index in [2.05, 4.69) is 13.1 Å². The van der Waals surface area contributed by atoms with Crippen molar-refractivity contribution in [3.63, 3.8) is 0 Å². The zero-order chi connectivity index (χ0) is 16.1. The summed E-state index contributed by atoms with van der Waals surface area (Å²) in [5.41, 5.74) is 0.855. The molecule has 0 aromatic heterocycles. The highest BCUT2D eigenvalue weighted by atomic mass is 35.6. The quantitative estimate of drug-likeness (QED) is 0.330. The van der Waals surface area contributed by atoms with Crippen molar-refractivity contribution in [3.8, 4) is 0 Å². The highest BCUT2D eigenvalue weighted by molar-refractivity contribution is 7.19. The van der Waals surface area contributed by atoms with E-state index < -0.39 is 7.38 Å². The average Bonchev–Trinajstić information content (AvgIpc) is 2.46. The Bertz CT molecular complexity index is 229. The van der Waals surface area contributed by atoms with Gasteiger partial charge in [-0.05, 0) is 5.54 Å². The number of hydrogen-bond donors (Lipinski definition) is 0. The van der Waals surface area contributed by atoms with Crippen LogP contribution < -0.4 is 0 Å². The molecule has 1 aliphatic rings. The highest BCUT2D eigenvalue weighted by Gasteiger charge is 2.28. The van der Waals surface area contributed by atoms with E-state index in [9.17, 15) is 0 Å². The predicted octanol–water partition coefficient (Wildman–Crippen LogP) is 8.45. The molecule has 0 spiro atoms. The summed E-state index contributed by atoms with van der Waals surface area (Å²) in [5, 5.41) is 0. The van der Waals surface area contributed by atoms with Gasteiger partial charge in [-0.3, -0.25) is 0 Å². The summed E-state index contributed by atoms with van der Waals surface area (Å²) in [5.74, 6) is 0. The molecule has 0 N–H and O–H groups in total. The minimum Gasteiger partial charge on any atom is -0.167 e. The molecule has 1 aliphatic carbocycles. The molecule has 0 aromatic rings. The Labute approximate surface area is 146 Å². The van der Waals surface area contributed by atoms with Crippen LogP contribution in [0.25, 0.3) is 0 Å². The smallest absolute Gasteiger partial charge is 0.153 e. The molecule has 0 saturated heterocycles. The molecule has 1 saturated carbocycles. The van der Waals surface area contributed by atoms with Gasteiger partial charge < -0.3 is 0 Å². The number of hydrogen-bond acceptors (Lipinski definition) is 0. The molecule has 0 radical (unpaired) electrons. The minimum absolute atomic E-state index is 0.855. The van der Waals surface area contributed by atoms with Crippen LogP contribution >= 0.6 is 11.1 Å². The van der Waals surface area contributed by atoms with Crippen LogP contribution in [0.1, 0.15) is 109 Å². The highest BCUT2D eigenvalue weighted by Crippen LogP contribution is 2.35. The first-order chi connectivity index (χ1) is 10.6. The van der Waals surface area contributed by atoms with Gasteiger partial charge in [-0.2, -0.15) is 11.1 Å². The van der Waals surface area contributed by atoms with Gasteiger partial charge in [0.2, 0.25) is 0 Å². The summed E-state index contributed by atoms with van der Waals surface area (Å²) in [6.07, 6.45) is 24.7.